The Kier molecular flexibility index (Phi) is 12.0. The Morgan fingerprint density at radius 2 is 1.81 bits per heavy atom. The second-order valence-electron chi connectivity index (χ2n) is 13.8. The maximum Gasteiger partial charge on any atom is 0.341 e. The minimum absolute atomic E-state index is 0.0987. The standard InChI is InChI=1S/C36H54O5SSi/c1-13-31(41-43(11,12)35(6,7)8)29-16-14-15-28(21-29)19-25(3)20-30(42-10)22-36(34(37)38-9)23-39-33(40-36)32-26(4)17-24(2)18-27(32)5/h14-18,20-21,25,31,33H,13,19,22-23H2,1-12H3/b30-20-/t25-,31-,33+,36+/m0/s1. The number of benzene rings is 2. The Hall–Kier alpha value is -1.90. The Bertz CT molecular complexity index is 1270. The first-order valence-electron chi connectivity index (χ1n) is 15.5. The highest BCUT2D eigenvalue weighted by Crippen LogP contribution is 2.43. The minimum atomic E-state index is -1.89. The molecule has 4 atom stereocenters. The van der Waals surface area contributed by atoms with Crippen LogP contribution in [-0.2, 0) is 29.9 Å². The first kappa shape index (κ1) is 35.6. The number of esters is 1. The molecule has 7 heteroatoms. The lowest BCUT2D eigenvalue weighted by Crippen LogP contribution is -2.42. The molecule has 2 aromatic carbocycles. The second kappa shape index (κ2) is 14.5. The van der Waals surface area contributed by atoms with Crippen LogP contribution in [0.1, 0.15) is 93.2 Å². The zero-order chi connectivity index (χ0) is 32.2. The molecule has 0 radical (unpaired) electrons. The molecule has 0 bridgehead atoms. The van der Waals surface area contributed by atoms with Crippen molar-refractivity contribution in [1.29, 1.82) is 0 Å². The van der Waals surface area contributed by atoms with E-state index < -0.39 is 26.2 Å². The number of ether oxygens (including phenoxy) is 3. The first-order chi connectivity index (χ1) is 20.1. The minimum Gasteiger partial charge on any atom is -0.467 e. The summed E-state index contributed by atoms with van der Waals surface area (Å²) in [6, 6.07) is 13.1. The molecule has 1 fully saturated rings. The molecule has 0 N–H and O–H groups in total. The van der Waals surface area contributed by atoms with E-state index in [0.29, 0.717) is 6.42 Å². The molecule has 0 aliphatic carbocycles. The van der Waals surface area contributed by atoms with Crippen LogP contribution in [0.4, 0.5) is 0 Å². The Morgan fingerprint density at radius 1 is 1.16 bits per heavy atom. The van der Waals surface area contributed by atoms with E-state index in [9.17, 15) is 4.79 Å². The molecule has 0 unspecified atom stereocenters. The average Bonchev–Trinajstić information content (AvgIpc) is 3.34. The van der Waals surface area contributed by atoms with Crippen molar-refractivity contribution in [1.82, 2.24) is 0 Å². The molecule has 1 aliphatic rings. The SMILES string of the molecule is CC[C@H](O[Si](C)(C)C(C)(C)C)c1cccc(C[C@H](C)/C=C(/C[C@]2(C(=O)OC)CO[C@@H](c3c(C)cc(C)cc3C)O2)SC)c1. The lowest BCUT2D eigenvalue weighted by atomic mass is 9.95. The van der Waals surface area contributed by atoms with Crippen molar-refractivity contribution in [3.8, 4) is 0 Å². The third-order valence-corrected chi connectivity index (χ3v) is 14.3. The third-order valence-electron chi connectivity index (χ3n) is 9.02. The second-order valence-corrected chi connectivity index (χ2v) is 19.5. The van der Waals surface area contributed by atoms with Crippen LogP contribution in [0.3, 0.4) is 0 Å². The van der Waals surface area contributed by atoms with E-state index in [2.05, 4.69) is 117 Å². The first-order valence-corrected chi connectivity index (χ1v) is 19.7. The number of carbonyl (C=O) groups is 1. The van der Waals surface area contributed by atoms with Gasteiger partial charge >= 0.3 is 5.97 Å². The summed E-state index contributed by atoms with van der Waals surface area (Å²) in [5.41, 5.74) is 5.72. The predicted molar refractivity (Wildman–Crippen MR) is 182 cm³/mol. The highest BCUT2D eigenvalue weighted by molar-refractivity contribution is 8.02. The maximum absolute atomic E-state index is 13.2. The summed E-state index contributed by atoms with van der Waals surface area (Å²) in [7, 11) is -0.477. The van der Waals surface area contributed by atoms with Gasteiger partial charge in [0.25, 0.3) is 0 Å². The van der Waals surface area contributed by atoms with Crippen molar-refractivity contribution in [3.05, 3.63) is 80.8 Å². The van der Waals surface area contributed by atoms with Gasteiger partial charge in [-0.2, -0.15) is 0 Å². The molecule has 1 aliphatic heterocycles. The van der Waals surface area contributed by atoms with Gasteiger partial charge in [-0.05, 0) is 91.1 Å². The lowest BCUT2D eigenvalue weighted by Gasteiger charge is -2.39. The zero-order valence-corrected chi connectivity index (χ0v) is 30.4. The fraction of sp³-hybridized carbons (Fsp3) is 0.583. The smallest absolute Gasteiger partial charge is 0.341 e. The highest BCUT2D eigenvalue weighted by Gasteiger charge is 2.50. The topological polar surface area (TPSA) is 54.0 Å². The zero-order valence-electron chi connectivity index (χ0n) is 28.6. The lowest BCUT2D eigenvalue weighted by molar-refractivity contribution is -0.169. The van der Waals surface area contributed by atoms with Crippen molar-refractivity contribution in [2.45, 2.75) is 111 Å². The molecule has 43 heavy (non-hydrogen) atoms. The highest BCUT2D eigenvalue weighted by atomic mass is 32.2. The molecule has 3 rings (SSSR count). The number of hydrogen-bond donors (Lipinski definition) is 0. The number of rotatable bonds is 12. The number of hydrogen-bond acceptors (Lipinski definition) is 6. The van der Waals surface area contributed by atoms with Gasteiger partial charge in [0, 0.05) is 12.0 Å². The molecule has 0 aromatic heterocycles. The number of carbonyl (C=O) groups excluding carboxylic acids is 1. The largest absolute Gasteiger partial charge is 0.467 e. The average molecular weight is 627 g/mol. The van der Waals surface area contributed by atoms with Gasteiger partial charge in [-0.15, -0.1) is 11.8 Å². The molecule has 1 heterocycles. The molecule has 1 saturated heterocycles. The van der Waals surface area contributed by atoms with Gasteiger partial charge in [0.05, 0.1) is 19.8 Å². The van der Waals surface area contributed by atoms with Crippen LogP contribution in [0.15, 0.2) is 47.4 Å². The molecule has 0 spiro atoms. The predicted octanol–water partition coefficient (Wildman–Crippen LogP) is 9.56. The van der Waals surface area contributed by atoms with Gasteiger partial charge < -0.3 is 18.6 Å². The molecular weight excluding hydrogens is 573 g/mol. The van der Waals surface area contributed by atoms with E-state index in [-0.39, 0.29) is 23.7 Å². The summed E-state index contributed by atoms with van der Waals surface area (Å²) in [6.45, 7) is 22.3. The van der Waals surface area contributed by atoms with Crippen LogP contribution in [0.2, 0.25) is 18.1 Å². The van der Waals surface area contributed by atoms with Crippen LogP contribution < -0.4 is 0 Å². The number of thioether (sulfide) groups is 1. The molecule has 5 nitrogen and oxygen atoms in total. The fourth-order valence-corrected chi connectivity index (χ4v) is 7.83. The van der Waals surface area contributed by atoms with Crippen LogP contribution in [0.5, 0.6) is 0 Å². The molecule has 0 amide bonds. The number of methoxy groups -OCH3 is 1. The van der Waals surface area contributed by atoms with Crippen LogP contribution in [0.25, 0.3) is 0 Å². The van der Waals surface area contributed by atoms with Gasteiger partial charge in [0.15, 0.2) is 20.2 Å². The van der Waals surface area contributed by atoms with Crippen molar-refractivity contribution < 1.29 is 23.4 Å². The van der Waals surface area contributed by atoms with Gasteiger partial charge in [0.2, 0.25) is 0 Å². The molecule has 0 saturated carbocycles. The fourth-order valence-electron chi connectivity index (χ4n) is 5.71. The van der Waals surface area contributed by atoms with E-state index in [4.69, 9.17) is 18.6 Å². The van der Waals surface area contributed by atoms with Crippen molar-refractivity contribution in [3.63, 3.8) is 0 Å². The van der Waals surface area contributed by atoms with Gasteiger partial charge in [-0.3, -0.25) is 0 Å². The number of allylic oxidation sites excluding steroid dienone is 1. The molecule has 2 aromatic rings. The van der Waals surface area contributed by atoms with Crippen molar-refractivity contribution >= 4 is 26.0 Å². The quantitative estimate of drug-likeness (QED) is 0.173. The summed E-state index contributed by atoms with van der Waals surface area (Å²) in [5, 5.41) is 0.166. The third kappa shape index (κ3) is 8.63. The van der Waals surface area contributed by atoms with Crippen molar-refractivity contribution in [2.24, 2.45) is 5.92 Å². The normalized spacial score (nSPS) is 21.1. The Labute approximate surface area is 266 Å². The molecule has 238 valence electrons. The van der Waals surface area contributed by atoms with Crippen molar-refractivity contribution in [2.75, 3.05) is 20.0 Å². The Morgan fingerprint density at radius 3 is 2.37 bits per heavy atom. The van der Waals surface area contributed by atoms with E-state index in [1.807, 2.05) is 0 Å². The van der Waals surface area contributed by atoms with Gasteiger partial charge in [-0.25, -0.2) is 4.79 Å². The summed E-state index contributed by atoms with van der Waals surface area (Å²) >= 11 is 1.65. The van der Waals surface area contributed by atoms with Crippen LogP contribution >= 0.6 is 11.8 Å². The van der Waals surface area contributed by atoms with E-state index >= 15 is 0 Å². The van der Waals surface area contributed by atoms with E-state index in [1.54, 1.807) is 11.8 Å². The summed E-state index contributed by atoms with van der Waals surface area (Å²) in [4.78, 5) is 14.3. The van der Waals surface area contributed by atoms with E-state index in [1.165, 1.54) is 23.8 Å². The summed E-state index contributed by atoms with van der Waals surface area (Å²) in [5.74, 6) is -0.140. The van der Waals surface area contributed by atoms with Gasteiger partial charge in [0.1, 0.15) is 0 Å². The number of aryl methyl sites for hydroxylation is 3. The monoisotopic (exact) mass is 626 g/mol. The summed E-state index contributed by atoms with van der Waals surface area (Å²) < 4.78 is 24.7. The maximum atomic E-state index is 13.2. The van der Waals surface area contributed by atoms with E-state index in [0.717, 1.165) is 34.4 Å². The summed E-state index contributed by atoms with van der Waals surface area (Å²) in [6.07, 6.45) is 6.05. The van der Waals surface area contributed by atoms with Crippen LogP contribution in [-0.4, -0.2) is 39.9 Å². The van der Waals surface area contributed by atoms with Crippen LogP contribution in [0, 0.1) is 26.7 Å². The van der Waals surface area contributed by atoms with Gasteiger partial charge in [-0.1, -0.05) is 82.7 Å². The molecular formula is C36H54O5SSi. The Balaban J connectivity index is 1.79.